The van der Waals surface area contributed by atoms with Crippen LogP contribution in [-0.2, 0) is 45.8 Å². The summed E-state index contributed by atoms with van der Waals surface area (Å²) in [5.74, 6) is -0.0118. The number of nitrogens with zero attached hydrogens (tertiary/aromatic N) is 2. The highest BCUT2D eigenvalue weighted by Gasteiger charge is 2.45. The Bertz CT molecular complexity index is 1850. The number of hydrogen-bond donors (Lipinski definition) is 3. The highest BCUT2D eigenvalue weighted by Crippen LogP contribution is 2.47. The first-order valence-corrected chi connectivity index (χ1v) is 17.2. The van der Waals surface area contributed by atoms with Crippen molar-refractivity contribution < 1.29 is 23.9 Å². The molecule has 262 valence electrons. The maximum Gasteiger partial charge on any atom is 0.408 e. The summed E-state index contributed by atoms with van der Waals surface area (Å²) in [4.78, 5) is 49.8. The van der Waals surface area contributed by atoms with Gasteiger partial charge < -0.3 is 30.0 Å². The second-order valence-corrected chi connectivity index (χ2v) is 13.0. The Balaban J connectivity index is 1.18. The zero-order valence-electron chi connectivity index (χ0n) is 28.7. The first-order chi connectivity index (χ1) is 24.9. The van der Waals surface area contributed by atoms with E-state index >= 15 is 0 Å². The van der Waals surface area contributed by atoms with Gasteiger partial charge in [-0.05, 0) is 47.2 Å². The number of carbonyl (C=O) groups is 3. The lowest BCUT2D eigenvalue weighted by Crippen LogP contribution is -2.56. The molecule has 5 aromatic rings. The largest absolute Gasteiger partial charge is 0.489 e. The lowest BCUT2D eigenvalue weighted by Gasteiger charge is -2.31. The molecule has 0 spiro atoms. The number of H-pyrrole nitrogens is 1. The van der Waals surface area contributed by atoms with Crippen LogP contribution in [0.2, 0.25) is 0 Å². The van der Waals surface area contributed by atoms with Gasteiger partial charge in [0.1, 0.15) is 31.0 Å². The van der Waals surface area contributed by atoms with Gasteiger partial charge in [-0.2, -0.15) is 0 Å². The Kier molecular flexibility index (Phi) is 11.4. The Morgan fingerprint density at radius 1 is 0.804 bits per heavy atom. The number of nitrogens with one attached hydrogen (secondary N) is 3. The minimum Gasteiger partial charge on any atom is -0.489 e. The molecule has 4 aromatic carbocycles. The summed E-state index contributed by atoms with van der Waals surface area (Å²) < 4.78 is 11.4. The van der Waals surface area contributed by atoms with E-state index < -0.39 is 24.1 Å². The van der Waals surface area contributed by atoms with E-state index in [1.807, 2.05) is 103 Å². The predicted molar refractivity (Wildman–Crippen MR) is 194 cm³/mol. The average Bonchev–Trinajstić information content (AvgIpc) is 3.80. The Hall–Kier alpha value is -5.90. The number of hydrogen-bond acceptors (Lipinski definition) is 6. The SMILES string of the molecule is CN(C(=O)[C@H](Cc1cnc[nH]1)NC(=O)OCc1ccccc1)[C@@H](Cc1ccc(OCc2ccccc2)cc1)C(=O)NCC1(c2ccccc2)CC1. The third-order valence-corrected chi connectivity index (χ3v) is 9.34. The number of rotatable bonds is 16. The van der Waals surface area contributed by atoms with E-state index in [0.717, 1.165) is 29.5 Å². The topological polar surface area (TPSA) is 126 Å². The molecule has 6 rings (SSSR count). The molecule has 51 heavy (non-hydrogen) atoms. The van der Waals surface area contributed by atoms with Crippen LogP contribution in [0, 0.1) is 0 Å². The number of carbonyl (C=O) groups excluding carboxylic acids is 3. The molecular formula is C41H43N5O5. The normalized spacial score (nSPS) is 14.1. The molecule has 1 aliphatic rings. The van der Waals surface area contributed by atoms with Gasteiger partial charge in [0.05, 0.1) is 6.33 Å². The number of aromatic nitrogens is 2. The molecule has 10 heteroatoms. The van der Waals surface area contributed by atoms with E-state index in [-0.39, 0.29) is 30.8 Å². The fourth-order valence-electron chi connectivity index (χ4n) is 6.10. The maximum absolute atomic E-state index is 14.2. The molecular weight excluding hydrogens is 642 g/mol. The smallest absolute Gasteiger partial charge is 0.408 e. The average molecular weight is 686 g/mol. The van der Waals surface area contributed by atoms with Crippen molar-refractivity contribution in [1.29, 1.82) is 0 Å². The van der Waals surface area contributed by atoms with E-state index in [1.54, 1.807) is 13.2 Å². The summed E-state index contributed by atoms with van der Waals surface area (Å²) in [5, 5.41) is 5.91. The van der Waals surface area contributed by atoms with Crippen LogP contribution in [0.1, 0.15) is 40.8 Å². The first kappa shape index (κ1) is 34.9. The summed E-state index contributed by atoms with van der Waals surface area (Å²) in [7, 11) is 1.60. The highest BCUT2D eigenvalue weighted by atomic mass is 16.5. The quantitative estimate of drug-likeness (QED) is 0.122. The molecule has 3 amide bonds. The van der Waals surface area contributed by atoms with E-state index in [9.17, 15) is 14.4 Å². The monoisotopic (exact) mass is 685 g/mol. The number of alkyl carbamates (subject to hydrolysis) is 1. The number of aromatic amines is 1. The Morgan fingerprint density at radius 3 is 2.04 bits per heavy atom. The van der Waals surface area contributed by atoms with Crippen LogP contribution in [0.15, 0.2) is 128 Å². The van der Waals surface area contributed by atoms with Crippen molar-refractivity contribution in [1.82, 2.24) is 25.5 Å². The van der Waals surface area contributed by atoms with Crippen molar-refractivity contribution in [3.8, 4) is 5.75 Å². The van der Waals surface area contributed by atoms with Crippen LogP contribution in [0.5, 0.6) is 5.75 Å². The third kappa shape index (κ3) is 9.63. The molecule has 0 radical (unpaired) electrons. The fourth-order valence-corrected chi connectivity index (χ4v) is 6.10. The number of imidazole rings is 1. The lowest BCUT2D eigenvalue weighted by atomic mass is 9.95. The van der Waals surface area contributed by atoms with E-state index in [2.05, 4.69) is 32.7 Å². The van der Waals surface area contributed by atoms with E-state index in [4.69, 9.17) is 9.47 Å². The lowest BCUT2D eigenvalue weighted by molar-refractivity contribution is -0.140. The summed E-state index contributed by atoms with van der Waals surface area (Å²) in [6.07, 6.45) is 4.70. The second-order valence-electron chi connectivity index (χ2n) is 13.0. The predicted octanol–water partition coefficient (Wildman–Crippen LogP) is 5.74. The molecule has 0 unspecified atom stereocenters. The van der Waals surface area contributed by atoms with Crippen molar-refractivity contribution >= 4 is 17.9 Å². The van der Waals surface area contributed by atoms with Crippen molar-refractivity contribution in [2.75, 3.05) is 13.6 Å². The molecule has 0 saturated heterocycles. The molecule has 1 fully saturated rings. The van der Waals surface area contributed by atoms with Gasteiger partial charge in [-0.1, -0.05) is 103 Å². The van der Waals surface area contributed by atoms with Gasteiger partial charge >= 0.3 is 6.09 Å². The van der Waals surface area contributed by atoms with Gasteiger partial charge in [-0.3, -0.25) is 9.59 Å². The van der Waals surface area contributed by atoms with Crippen molar-refractivity contribution in [3.05, 3.63) is 156 Å². The van der Waals surface area contributed by atoms with Crippen molar-refractivity contribution in [3.63, 3.8) is 0 Å². The Morgan fingerprint density at radius 2 is 1.43 bits per heavy atom. The van der Waals surface area contributed by atoms with Crippen LogP contribution in [0.4, 0.5) is 4.79 Å². The minimum absolute atomic E-state index is 0.0483. The molecule has 0 bridgehead atoms. The van der Waals surface area contributed by atoms with Gasteiger partial charge in [0.2, 0.25) is 11.8 Å². The minimum atomic E-state index is -1.03. The van der Waals surface area contributed by atoms with Gasteiger partial charge in [-0.15, -0.1) is 0 Å². The molecule has 0 aliphatic heterocycles. The van der Waals surface area contributed by atoms with Crippen LogP contribution >= 0.6 is 0 Å². The summed E-state index contributed by atoms with van der Waals surface area (Å²) in [6, 6.07) is 35.1. The first-order valence-electron chi connectivity index (χ1n) is 17.2. The number of amides is 3. The molecule has 1 saturated carbocycles. The molecule has 1 aromatic heterocycles. The van der Waals surface area contributed by atoms with Gasteiger partial charge in [0, 0.05) is 43.7 Å². The van der Waals surface area contributed by atoms with Crippen LogP contribution < -0.4 is 15.4 Å². The summed E-state index contributed by atoms with van der Waals surface area (Å²) in [5.41, 5.74) is 4.45. The number of benzene rings is 4. The van der Waals surface area contributed by atoms with Crippen LogP contribution in [0.25, 0.3) is 0 Å². The summed E-state index contributed by atoms with van der Waals surface area (Å²) >= 11 is 0. The Labute approximate surface area is 298 Å². The van der Waals surface area contributed by atoms with E-state index in [0.29, 0.717) is 24.6 Å². The van der Waals surface area contributed by atoms with Crippen molar-refractivity contribution in [2.45, 2.75) is 56.4 Å². The fraction of sp³-hybridized carbons (Fsp3) is 0.268. The number of likely N-dealkylation sites (N-methyl/N-ethyl adjacent to an activating group) is 1. The summed E-state index contributed by atoms with van der Waals surface area (Å²) in [6.45, 7) is 0.944. The van der Waals surface area contributed by atoms with Gasteiger partial charge in [0.25, 0.3) is 0 Å². The van der Waals surface area contributed by atoms with E-state index in [1.165, 1.54) is 16.8 Å². The standard InChI is InChI=1S/C41H43N5O5/c1-46(39(48)36(24-34-25-42-29-44-34)45-40(49)51-27-32-13-7-3-8-14-32)37(38(47)43-28-41(21-22-41)33-15-9-4-10-16-33)23-30-17-19-35(20-18-30)50-26-31-11-5-2-6-12-31/h2-20,25,29,36-37H,21-24,26-28H2,1H3,(H,42,44)(H,43,47)(H,45,49)/t36-,37-/m0/s1. The molecule has 10 nitrogen and oxygen atoms in total. The third-order valence-electron chi connectivity index (χ3n) is 9.34. The maximum atomic E-state index is 14.2. The van der Waals surface area contributed by atoms with Gasteiger partial charge in [-0.25, -0.2) is 9.78 Å². The zero-order chi connectivity index (χ0) is 35.5. The number of ether oxygens (including phenoxy) is 2. The highest BCUT2D eigenvalue weighted by molar-refractivity contribution is 5.91. The molecule has 3 N–H and O–H groups in total. The van der Waals surface area contributed by atoms with Gasteiger partial charge in [0.15, 0.2) is 0 Å². The second kappa shape index (κ2) is 16.7. The van der Waals surface area contributed by atoms with Crippen molar-refractivity contribution in [2.24, 2.45) is 0 Å². The molecule has 1 heterocycles. The van der Waals surface area contributed by atoms with Crippen LogP contribution in [0.3, 0.4) is 0 Å². The zero-order valence-corrected chi connectivity index (χ0v) is 28.7. The van der Waals surface area contributed by atoms with Crippen LogP contribution in [-0.4, -0.2) is 58.5 Å². The molecule has 1 aliphatic carbocycles. The molecule has 2 atom stereocenters.